The van der Waals surface area contributed by atoms with E-state index in [4.69, 9.17) is 4.74 Å². The Morgan fingerprint density at radius 2 is 1.93 bits per heavy atom. The molecule has 4 N–H and O–H groups in total. The van der Waals surface area contributed by atoms with Crippen LogP contribution in [-0.2, 0) is 11.2 Å². The van der Waals surface area contributed by atoms with Crippen LogP contribution in [0.1, 0.15) is 58.4 Å². The van der Waals surface area contributed by atoms with Gasteiger partial charge in [0.05, 0.1) is 18.7 Å². The van der Waals surface area contributed by atoms with E-state index in [1.165, 1.54) is 0 Å². The Morgan fingerprint density at radius 1 is 1.20 bits per heavy atom. The van der Waals surface area contributed by atoms with E-state index in [1.807, 2.05) is 25.1 Å². The number of aryl methyl sites for hydroxylation is 1. The number of nitrogens with one attached hydrogen (secondary N) is 3. The van der Waals surface area contributed by atoms with Crippen LogP contribution in [0, 0.1) is 0 Å². The quantitative estimate of drug-likeness (QED) is 0.152. The summed E-state index contributed by atoms with van der Waals surface area (Å²) in [6.07, 6.45) is 4.65. The molecule has 170 valence electrons. The SMILES string of the molecule is CCCC(O)(CCC)CN=C(NCC)NCCOc1ccc2c(c1)CCC(=O)N2.I. The lowest BCUT2D eigenvalue weighted by Gasteiger charge is -2.26. The summed E-state index contributed by atoms with van der Waals surface area (Å²) in [5.41, 5.74) is 1.25. The standard InChI is InChI=1S/C22H36N4O3.HI/c1-4-11-22(28,12-5-2)16-25-21(23-6-3)24-13-14-29-18-8-9-19-17(15-18)7-10-20(27)26-19;/h8-9,15,28H,4-7,10-14,16H2,1-3H3,(H,26,27)(H2,23,24,25);1H. The first-order chi connectivity index (χ1) is 14.0. The smallest absolute Gasteiger partial charge is 0.224 e. The molecule has 0 saturated carbocycles. The summed E-state index contributed by atoms with van der Waals surface area (Å²) in [4.78, 5) is 16.0. The van der Waals surface area contributed by atoms with E-state index >= 15 is 0 Å². The fourth-order valence-electron chi connectivity index (χ4n) is 3.57. The maximum atomic E-state index is 11.4. The number of aliphatic imine (C=N–C) groups is 1. The molecule has 0 saturated heterocycles. The molecule has 0 aliphatic carbocycles. The van der Waals surface area contributed by atoms with Crippen molar-refractivity contribution in [1.82, 2.24) is 10.6 Å². The second-order valence-corrected chi connectivity index (χ2v) is 7.56. The molecule has 1 aromatic carbocycles. The second-order valence-electron chi connectivity index (χ2n) is 7.56. The topological polar surface area (TPSA) is 95.0 Å². The van der Waals surface area contributed by atoms with Gasteiger partial charge in [-0.15, -0.1) is 24.0 Å². The minimum Gasteiger partial charge on any atom is -0.492 e. The number of hydrogen-bond acceptors (Lipinski definition) is 4. The van der Waals surface area contributed by atoms with Crippen LogP contribution < -0.4 is 20.7 Å². The van der Waals surface area contributed by atoms with Gasteiger partial charge in [0.2, 0.25) is 5.91 Å². The minimum atomic E-state index is -0.735. The minimum absolute atomic E-state index is 0. The molecule has 1 aliphatic rings. The number of aliphatic hydroxyl groups is 1. The number of nitrogens with zero attached hydrogens (tertiary/aromatic N) is 1. The molecule has 1 heterocycles. The molecule has 0 unspecified atom stereocenters. The molecular formula is C22H37IN4O3. The first kappa shape index (κ1) is 26.5. The van der Waals surface area contributed by atoms with Crippen molar-refractivity contribution in [2.75, 3.05) is 31.6 Å². The summed E-state index contributed by atoms with van der Waals surface area (Å²) in [5, 5.41) is 20.1. The molecule has 8 heteroatoms. The van der Waals surface area contributed by atoms with Gasteiger partial charge in [0.25, 0.3) is 0 Å². The highest BCUT2D eigenvalue weighted by molar-refractivity contribution is 14.0. The Kier molecular flexibility index (Phi) is 12.1. The number of rotatable bonds is 11. The lowest BCUT2D eigenvalue weighted by Crippen LogP contribution is -2.41. The van der Waals surface area contributed by atoms with Crippen molar-refractivity contribution in [3.8, 4) is 5.75 Å². The third-order valence-electron chi connectivity index (χ3n) is 4.94. The van der Waals surface area contributed by atoms with Crippen LogP contribution in [0.5, 0.6) is 5.75 Å². The number of guanidine groups is 1. The Hall–Kier alpha value is -1.55. The van der Waals surface area contributed by atoms with E-state index in [-0.39, 0.29) is 29.9 Å². The number of fused-ring (bicyclic) bond motifs is 1. The second kappa shape index (κ2) is 13.7. The van der Waals surface area contributed by atoms with Gasteiger partial charge in [-0.2, -0.15) is 0 Å². The van der Waals surface area contributed by atoms with Crippen LogP contribution in [0.2, 0.25) is 0 Å². The molecule has 0 bridgehead atoms. The van der Waals surface area contributed by atoms with E-state index in [1.54, 1.807) is 0 Å². The molecule has 0 aromatic heterocycles. The normalized spacial score (nSPS) is 13.7. The highest BCUT2D eigenvalue weighted by Crippen LogP contribution is 2.26. The first-order valence-corrected chi connectivity index (χ1v) is 10.8. The van der Waals surface area contributed by atoms with E-state index in [0.717, 1.165) is 55.6 Å². The summed E-state index contributed by atoms with van der Waals surface area (Å²) >= 11 is 0. The molecule has 0 radical (unpaired) electrons. The van der Waals surface area contributed by atoms with Crippen molar-refractivity contribution >= 4 is 41.5 Å². The largest absolute Gasteiger partial charge is 0.492 e. The number of ether oxygens (including phenoxy) is 1. The van der Waals surface area contributed by atoms with Gasteiger partial charge < -0.3 is 25.8 Å². The fraction of sp³-hybridized carbons (Fsp3) is 0.636. The van der Waals surface area contributed by atoms with E-state index in [2.05, 4.69) is 34.8 Å². The number of amides is 1. The van der Waals surface area contributed by atoms with E-state index < -0.39 is 5.60 Å². The van der Waals surface area contributed by atoms with Gasteiger partial charge in [0.1, 0.15) is 12.4 Å². The van der Waals surface area contributed by atoms with Gasteiger partial charge >= 0.3 is 0 Å². The van der Waals surface area contributed by atoms with Crippen LogP contribution in [0.25, 0.3) is 0 Å². The molecule has 7 nitrogen and oxygen atoms in total. The van der Waals surface area contributed by atoms with Gasteiger partial charge in [0.15, 0.2) is 5.96 Å². The molecule has 0 spiro atoms. The average Bonchev–Trinajstić information content (AvgIpc) is 2.69. The van der Waals surface area contributed by atoms with Gasteiger partial charge in [0, 0.05) is 18.7 Å². The van der Waals surface area contributed by atoms with Crippen LogP contribution in [0.15, 0.2) is 23.2 Å². The molecule has 0 atom stereocenters. The predicted octanol–water partition coefficient (Wildman–Crippen LogP) is 3.45. The van der Waals surface area contributed by atoms with Gasteiger partial charge in [-0.1, -0.05) is 26.7 Å². The third-order valence-corrected chi connectivity index (χ3v) is 4.94. The van der Waals surface area contributed by atoms with Crippen molar-refractivity contribution < 1.29 is 14.6 Å². The average molecular weight is 532 g/mol. The van der Waals surface area contributed by atoms with Crippen molar-refractivity contribution in [1.29, 1.82) is 0 Å². The molecule has 0 fully saturated rings. The van der Waals surface area contributed by atoms with E-state index in [9.17, 15) is 9.90 Å². The zero-order valence-corrected chi connectivity index (χ0v) is 20.8. The van der Waals surface area contributed by atoms with Gasteiger partial charge in [-0.05, 0) is 49.9 Å². The van der Waals surface area contributed by atoms with Crippen LogP contribution in [-0.4, -0.2) is 48.8 Å². The highest BCUT2D eigenvalue weighted by atomic mass is 127. The van der Waals surface area contributed by atoms with E-state index in [0.29, 0.717) is 32.1 Å². The summed E-state index contributed by atoms with van der Waals surface area (Å²) < 4.78 is 5.84. The molecule has 1 aromatic rings. The Balaban J connectivity index is 0.00000450. The lowest BCUT2D eigenvalue weighted by atomic mass is 9.93. The number of carbonyl (C=O) groups is 1. The summed E-state index contributed by atoms with van der Waals surface area (Å²) in [6.45, 7) is 8.41. The Bertz CT molecular complexity index is 691. The molecule has 1 aliphatic heterocycles. The monoisotopic (exact) mass is 532 g/mol. The van der Waals surface area contributed by atoms with Crippen LogP contribution in [0.3, 0.4) is 0 Å². The number of benzene rings is 1. The van der Waals surface area contributed by atoms with Crippen molar-refractivity contribution in [3.63, 3.8) is 0 Å². The Labute approximate surface area is 197 Å². The first-order valence-electron chi connectivity index (χ1n) is 10.8. The zero-order valence-electron chi connectivity index (χ0n) is 18.4. The van der Waals surface area contributed by atoms with Crippen molar-refractivity contribution in [2.45, 2.75) is 64.9 Å². The molecular weight excluding hydrogens is 495 g/mol. The molecule has 2 rings (SSSR count). The number of anilines is 1. The van der Waals surface area contributed by atoms with Crippen molar-refractivity contribution in [3.05, 3.63) is 23.8 Å². The number of carbonyl (C=O) groups excluding carboxylic acids is 1. The highest BCUT2D eigenvalue weighted by Gasteiger charge is 2.24. The zero-order chi connectivity index (χ0) is 21.1. The number of hydrogen-bond donors (Lipinski definition) is 4. The number of halogens is 1. The fourth-order valence-corrected chi connectivity index (χ4v) is 3.57. The maximum absolute atomic E-state index is 11.4. The molecule has 1 amide bonds. The lowest BCUT2D eigenvalue weighted by molar-refractivity contribution is -0.116. The van der Waals surface area contributed by atoms with Gasteiger partial charge in [-0.25, -0.2) is 0 Å². The summed E-state index contributed by atoms with van der Waals surface area (Å²) in [5.74, 6) is 1.55. The van der Waals surface area contributed by atoms with Crippen LogP contribution >= 0.6 is 24.0 Å². The maximum Gasteiger partial charge on any atom is 0.224 e. The van der Waals surface area contributed by atoms with Crippen molar-refractivity contribution in [2.24, 2.45) is 4.99 Å². The van der Waals surface area contributed by atoms with Gasteiger partial charge in [-0.3, -0.25) is 9.79 Å². The predicted molar refractivity (Wildman–Crippen MR) is 133 cm³/mol. The Morgan fingerprint density at radius 3 is 2.60 bits per heavy atom. The molecule has 30 heavy (non-hydrogen) atoms. The third kappa shape index (κ3) is 8.67. The summed E-state index contributed by atoms with van der Waals surface area (Å²) in [6, 6.07) is 5.76. The summed E-state index contributed by atoms with van der Waals surface area (Å²) in [7, 11) is 0. The van der Waals surface area contributed by atoms with Crippen LogP contribution in [0.4, 0.5) is 5.69 Å².